The summed E-state index contributed by atoms with van der Waals surface area (Å²) in [6.45, 7) is 4.23. The fourth-order valence-electron chi connectivity index (χ4n) is 3.32. The minimum Gasteiger partial charge on any atom is -0.472 e. The average molecular weight is 352 g/mol. The number of fused-ring (bicyclic) bond motifs is 1. The zero-order valence-electron chi connectivity index (χ0n) is 14.6. The molecule has 1 aliphatic heterocycles. The molecule has 7 heteroatoms. The van der Waals surface area contributed by atoms with E-state index in [2.05, 4.69) is 4.98 Å². The molecule has 0 unspecified atom stereocenters. The first-order valence-electron chi connectivity index (χ1n) is 8.68. The second-order valence-corrected chi connectivity index (χ2v) is 6.52. The summed E-state index contributed by atoms with van der Waals surface area (Å²) in [5.74, 6) is -0.0702. The lowest BCUT2D eigenvalue weighted by Crippen LogP contribution is -2.37. The van der Waals surface area contributed by atoms with Crippen LogP contribution in [-0.4, -0.2) is 57.2 Å². The van der Waals surface area contributed by atoms with E-state index in [0.717, 1.165) is 17.8 Å². The van der Waals surface area contributed by atoms with Gasteiger partial charge in [-0.2, -0.15) is 0 Å². The lowest BCUT2D eigenvalue weighted by atomic mass is 10.2. The van der Waals surface area contributed by atoms with Crippen LogP contribution in [0.1, 0.15) is 32.8 Å². The number of nitrogens with zero attached hydrogens (tertiary/aromatic N) is 4. The molecule has 0 aliphatic carbocycles. The predicted octanol–water partition coefficient (Wildman–Crippen LogP) is 2.22. The third kappa shape index (κ3) is 3.08. The van der Waals surface area contributed by atoms with Crippen molar-refractivity contribution in [2.75, 3.05) is 26.2 Å². The molecule has 0 N–H and O–H groups in total. The van der Waals surface area contributed by atoms with Gasteiger partial charge in [0.05, 0.1) is 23.1 Å². The number of hydrogen-bond acceptors (Lipinski definition) is 4. The van der Waals surface area contributed by atoms with Crippen molar-refractivity contribution >= 4 is 17.5 Å². The van der Waals surface area contributed by atoms with Crippen LogP contribution in [0.3, 0.4) is 0 Å². The molecule has 1 aliphatic rings. The Morgan fingerprint density at radius 3 is 2.38 bits per heavy atom. The smallest absolute Gasteiger partial charge is 0.257 e. The Labute approximate surface area is 150 Å². The van der Waals surface area contributed by atoms with E-state index in [4.69, 9.17) is 4.42 Å². The first-order chi connectivity index (χ1) is 12.6. The summed E-state index contributed by atoms with van der Waals surface area (Å²) in [5, 5.41) is 0. The number of hydrogen-bond donors (Lipinski definition) is 0. The van der Waals surface area contributed by atoms with Crippen LogP contribution in [-0.2, 0) is 0 Å². The maximum absolute atomic E-state index is 12.9. The van der Waals surface area contributed by atoms with Gasteiger partial charge in [0.2, 0.25) is 0 Å². The second-order valence-electron chi connectivity index (χ2n) is 6.52. The standard InChI is InChI=1S/C19H20N4O3/c1-14-11-23-12-15(3-4-17(23)20-14)18(24)21-6-2-7-22(9-8-21)19(25)16-5-10-26-13-16/h3-5,10-13H,2,6-9H2,1H3. The van der Waals surface area contributed by atoms with E-state index >= 15 is 0 Å². The van der Waals surface area contributed by atoms with Gasteiger partial charge in [-0.15, -0.1) is 0 Å². The number of carbonyl (C=O) groups is 2. The van der Waals surface area contributed by atoms with Crippen molar-refractivity contribution in [2.24, 2.45) is 0 Å². The summed E-state index contributed by atoms with van der Waals surface area (Å²) < 4.78 is 6.86. The Hall–Kier alpha value is -3.09. The van der Waals surface area contributed by atoms with Crippen molar-refractivity contribution in [1.82, 2.24) is 19.2 Å². The Morgan fingerprint density at radius 1 is 0.962 bits per heavy atom. The number of rotatable bonds is 2. The topological polar surface area (TPSA) is 71.1 Å². The van der Waals surface area contributed by atoms with Gasteiger partial charge in [0.1, 0.15) is 11.9 Å². The van der Waals surface area contributed by atoms with Gasteiger partial charge in [0, 0.05) is 38.6 Å². The molecule has 4 rings (SSSR count). The van der Waals surface area contributed by atoms with E-state index in [9.17, 15) is 9.59 Å². The van der Waals surface area contributed by atoms with Crippen LogP contribution >= 0.6 is 0 Å². The van der Waals surface area contributed by atoms with Crippen LogP contribution in [0.25, 0.3) is 5.65 Å². The van der Waals surface area contributed by atoms with Crippen LogP contribution in [0, 0.1) is 6.92 Å². The van der Waals surface area contributed by atoms with Crippen molar-refractivity contribution in [1.29, 1.82) is 0 Å². The van der Waals surface area contributed by atoms with Crippen molar-refractivity contribution < 1.29 is 14.0 Å². The lowest BCUT2D eigenvalue weighted by molar-refractivity contribution is 0.0718. The van der Waals surface area contributed by atoms with E-state index in [1.807, 2.05) is 40.8 Å². The highest BCUT2D eigenvalue weighted by molar-refractivity contribution is 5.95. The Morgan fingerprint density at radius 2 is 1.69 bits per heavy atom. The minimum atomic E-state index is -0.0524. The number of amides is 2. The molecule has 3 aromatic rings. The highest BCUT2D eigenvalue weighted by Crippen LogP contribution is 2.14. The van der Waals surface area contributed by atoms with Gasteiger partial charge >= 0.3 is 0 Å². The number of furan rings is 1. The van der Waals surface area contributed by atoms with Gasteiger partial charge in [0.15, 0.2) is 0 Å². The second kappa shape index (κ2) is 6.67. The number of aryl methyl sites for hydroxylation is 1. The number of carbonyl (C=O) groups excluding carboxylic acids is 2. The Kier molecular flexibility index (Phi) is 4.20. The fraction of sp³-hybridized carbons (Fsp3) is 0.316. The van der Waals surface area contributed by atoms with Crippen LogP contribution < -0.4 is 0 Å². The first-order valence-corrected chi connectivity index (χ1v) is 8.68. The van der Waals surface area contributed by atoms with Gasteiger partial charge < -0.3 is 18.6 Å². The third-order valence-corrected chi connectivity index (χ3v) is 4.66. The van der Waals surface area contributed by atoms with Crippen molar-refractivity contribution in [2.45, 2.75) is 13.3 Å². The normalized spacial score (nSPS) is 15.3. The molecule has 0 saturated carbocycles. The molecule has 7 nitrogen and oxygen atoms in total. The van der Waals surface area contributed by atoms with E-state index in [1.165, 1.54) is 12.5 Å². The fourth-order valence-corrected chi connectivity index (χ4v) is 3.32. The number of aromatic nitrogens is 2. The van der Waals surface area contributed by atoms with E-state index in [0.29, 0.717) is 37.3 Å². The van der Waals surface area contributed by atoms with Crippen molar-refractivity contribution in [3.63, 3.8) is 0 Å². The molecule has 0 atom stereocenters. The summed E-state index contributed by atoms with van der Waals surface area (Å²) >= 11 is 0. The van der Waals surface area contributed by atoms with Crippen LogP contribution in [0.4, 0.5) is 0 Å². The van der Waals surface area contributed by atoms with E-state index in [1.54, 1.807) is 11.0 Å². The number of imidazole rings is 1. The van der Waals surface area contributed by atoms with E-state index < -0.39 is 0 Å². The maximum atomic E-state index is 12.9. The third-order valence-electron chi connectivity index (χ3n) is 4.66. The van der Waals surface area contributed by atoms with Crippen LogP contribution in [0.15, 0.2) is 47.5 Å². The lowest BCUT2D eigenvalue weighted by Gasteiger charge is -2.22. The van der Waals surface area contributed by atoms with Crippen LogP contribution in [0.5, 0.6) is 0 Å². The summed E-state index contributed by atoms with van der Waals surface area (Å²) in [5.41, 5.74) is 2.92. The van der Waals surface area contributed by atoms with Gasteiger partial charge in [-0.1, -0.05) is 0 Å². The summed E-state index contributed by atoms with van der Waals surface area (Å²) in [7, 11) is 0. The molecule has 2 amide bonds. The van der Waals surface area contributed by atoms with Crippen molar-refractivity contribution in [3.05, 3.63) is 59.9 Å². The van der Waals surface area contributed by atoms with Crippen LogP contribution in [0.2, 0.25) is 0 Å². The van der Waals surface area contributed by atoms with Gasteiger partial charge in [-0.05, 0) is 31.5 Å². The quantitative estimate of drug-likeness (QED) is 0.709. The zero-order valence-corrected chi connectivity index (χ0v) is 14.6. The molecule has 0 radical (unpaired) electrons. The molecule has 1 fully saturated rings. The SMILES string of the molecule is Cc1cn2cc(C(=O)N3CCCN(C(=O)c4ccoc4)CC3)ccc2n1. The molecule has 4 heterocycles. The predicted molar refractivity (Wildman–Crippen MR) is 95.1 cm³/mol. The highest BCUT2D eigenvalue weighted by Gasteiger charge is 2.24. The minimum absolute atomic E-state index is 0.0177. The summed E-state index contributed by atoms with van der Waals surface area (Å²) in [6, 6.07) is 5.33. The number of pyridine rings is 1. The largest absolute Gasteiger partial charge is 0.472 e. The average Bonchev–Trinajstić information content (AvgIpc) is 3.23. The Balaban J connectivity index is 1.47. The van der Waals surface area contributed by atoms with Crippen molar-refractivity contribution in [3.8, 4) is 0 Å². The monoisotopic (exact) mass is 352 g/mol. The van der Waals surface area contributed by atoms with Gasteiger partial charge in [-0.3, -0.25) is 9.59 Å². The molecule has 0 spiro atoms. The molecule has 1 saturated heterocycles. The van der Waals surface area contributed by atoms with E-state index in [-0.39, 0.29) is 11.8 Å². The molecular weight excluding hydrogens is 332 g/mol. The molecule has 134 valence electrons. The zero-order chi connectivity index (χ0) is 18.1. The van der Waals surface area contributed by atoms with Gasteiger partial charge in [0.25, 0.3) is 11.8 Å². The molecule has 3 aromatic heterocycles. The molecular formula is C19H20N4O3. The van der Waals surface area contributed by atoms with Gasteiger partial charge in [-0.25, -0.2) is 4.98 Å². The molecule has 0 aromatic carbocycles. The summed E-state index contributed by atoms with van der Waals surface area (Å²) in [4.78, 5) is 33.3. The first kappa shape index (κ1) is 16.4. The Bertz CT molecular complexity index is 945. The highest BCUT2D eigenvalue weighted by atomic mass is 16.3. The molecule has 0 bridgehead atoms. The summed E-state index contributed by atoms with van der Waals surface area (Å²) in [6.07, 6.45) is 7.42. The molecule has 26 heavy (non-hydrogen) atoms. The maximum Gasteiger partial charge on any atom is 0.257 e.